The molecule has 0 heterocycles. The molecule has 0 bridgehead atoms. The van der Waals surface area contributed by atoms with Crippen LogP contribution in [-0.4, -0.2) is 80.6 Å². The molecule has 0 aliphatic rings. The Morgan fingerprint density at radius 3 is 1.60 bits per heavy atom. The van der Waals surface area contributed by atoms with Crippen molar-refractivity contribution < 1.29 is 38.2 Å². The maximum absolute atomic E-state index is 12.7. The van der Waals surface area contributed by atoms with Crippen LogP contribution in [0.2, 0.25) is 0 Å². The maximum Gasteiger partial charge on any atom is 0.362 e. The van der Waals surface area contributed by atoms with Crippen molar-refractivity contribution in [3.8, 4) is 0 Å². The first-order valence-electron chi connectivity index (χ1n) is 21.8. The Hall–Kier alpha value is -2.97. The minimum Gasteiger partial charge on any atom is -0.477 e. The number of quaternary nitrogens is 1. The molecule has 8 heteroatoms. The molecule has 55 heavy (non-hydrogen) atoms. The highest BCUT2D eigenvalue weighted by molar-refractivity contribution is 5.72. The molecular formula is C47H82NO7+. The van der Waals surface area contributed by atoms with Gasteiger partial charge in [0.05, 0.1) is 40.8 Å². The van der Waals surface area contributed by atoms with Gasteiger partial charge < -0.3 is 23.8 Å². The Kier molecular flexibility index (Phi) is 35.9. The predicted octanol–water partition coefficient (Wildman–Crippen LogP) is 11.8. The quantitative estimate of drug-likeness (QED) is 0.0289. The zero-order valence-electron chi connectivity index (χ0n) is 35.9. The summed E-state index contributed by atoms with van der Waals surface area (Å²) in [6.45, 7) is 4.48. The number of hydrogen-bond donors (Lipinski definition) is 1. The summed E-state index contributed by atoms with van der Waals surface area (Å²) in [5.74, 6) is -1.63. The predicted molar refractivity (Wildman–Crippen MR) is 229 cm³/mol. The van der Waals surface area contributed by atoms with E-state index in [1.807, 2.05) is 27.2 Å². The van der Waals surface area contributed by atoms with Gasteiger partial charge in [-0.25, -0.2) is 4.79 Å². The van der Waals surface area contributed by atoms with Gasteiger partial charge in [0.2, 0.25) is 0 Å². The monoisotopic (exact) mass is 773 g/mol. The number of nitrogens with zero attached hydrogens (tertiary/aromatic N) is 1. The summed E-state index contributed by atoms with van der Waals surface area (Å²) in [4.78, 5) is 36.8. The summed E-state index contributed by atoms with van der Waals surface area (Å²) in [6, 6.07) is -0.628. The van der Waals surface area contributed by atoms with Gasteiger partial charge in [0.1, 0.15) is 6.61 Å². The number of aliphatic carboxylic acids is 1. The number of carboxylic acids is 1. The van der Waals surface area contributed by atoms with Crippen LogP contribution in [0.15, 0.2) is 60.8 Å². The molecule has 0 aromatic carbocycles. The van der Waals surface area contributed by atoms with E-state index in [0.717, 1.165) is 57.8 Å². The molecule has 0 radical (unpaired) electrons. The van der Waals surface area contributed by atoms with Crippen molar-refractivity contribution in [2.75, 3.05) is 41.0 Å². The summed E-state index contributed by atoms with van der Waals surface area (Å²) in [7, 11) is 5.49. The van der Waals surface area contributed by atoms with Crippen molar-refractivity contribution in [2.24, 2.45) is 0 Å². The minimum absolute atomic E-state index is 0.0286. The summed E-state index contributed by atoms with van der Waals surface area (Å²) < 4.78 is 17.1. The van der Waals surface area contributed by atoms with E-state index in [1.54, 1.807) is 6.08 Å². The third-order valence-electron chi connectivity index (χ3n) is 9.43. The Morgan fingerprint density at radius 1 is 0.582 bits per heavy atom. The maximum atomic E-state index is 12.7. The fraction of sp³-hybridized carbons (Fsp3) is 0.723. The lowest BCUT2D eigenvalue weighted by molar-refractivity contribution is -0.887. The SMILES string of the molecule is CC/C=C/C/C=C/C/C=C/CC(=O)OCC(COCCC(C(=O)O)[N+](C)(C)C)OC(=O)CCCCCCCCC/C=C/C/C=C/CCCCCCCCCC. The first kappa shape index (κ1) is 52.0. The van der Waals surface area contributed by atoms with Crippen LogP contribution in [0.3, 0.4) is 0 Å². The Balaban J connectivity index is 4.31. The lowest BCUT2D eigenvalue weighted by Gasteiger charge is -2.31. The molecule has 1 N–H and O–H groups in total. The third kappa shape index (κ3) is 36.4. The fourth-order valence-electron chi connectivity index (χ4n) is 6.06. The molecule has 0 fully saturated rings. The first-order chi connectivity index (χ1) is 26.6. The second kappa shape index (κ2) is 37.9. The zero-order valence-corrected chi connectivity index (χ0v) is 35.9. The van der Waals surface area contributed by atoms with Gasteiger partial charge in [-0.3, -0.25) is 9.59 Å². The average Bonchev–Trinajstić information content (AvgIpc) is 3.14. The van der Waals surface area contributed by atoms with E-state index in [1.165, 1.54) is 77.0 Å². The van der Waals surface area contributed by atoms with E-state index >= 15 is 0 Å². The molecule has 2 unspecified atom stereocenters. The van der Waals surface area contributed by atoms with Gasteiger partial charge in [-0.05, 0) is 57.8 Å². The van der Waals surface area contributed by atoms with Crippen LogP contribution in [-0.2, 0) is 28.6 Å². The largest absolute Gasteiger partial charge is 0.477 e. The smallest absolute Gasteiger partial charge is 0.362 e. The second-order valence-electron chi connectivity index (χ2n) is 15.6. The lowest BCUT2D eigenvalue weighted by Crippen LogP contribution is -2.50. The lowest BCUT2D eigenvalue weighted by atomic mass is 10.1. The van der Waals surface area contributed by atoms with Crippen LogP contribution in [0.5, 0.6) is 0 Å². The van der Waals surface area contributed by atoms with Crippen molar-refractivity contribution in [1.82, 2.24) is 0 Å². The van der Waals surface area contributed by atoms with E-state index < -0.39 is 24.1 Å². The van der Waals surface area contributed by atoms with Crippen molar-refractivity contribution in [3.05, 3.63) is 60.8 Å². The first-order valence-corrected chi connectivity index (χ1v) is 21.8. The third-order valence-corrected chi connectivity index (χ3v) is 9.43. The fourth-order valence-corrected chi connectivity index (χ4v) is 6.06. The molecule has 316 valence electrons. The molecule has 0 saturated heterocycles. The van der Waals surface area contributed by atoms with E-state index in [-0.39, 0.29) is 36.7 Å². The van der Waals surface area contributed by atoms with Crippen LogP contribution in [0.4, 0.5) is 0 Å². The number of carbonyl (C=O) groups is 3. The van der Waals surface area contributed by atoms with Gasteiger partial charge in [0.15, 0.2) is 12.1 Å². The van der Waals surface area contributed by atoms with Crippen LogP contribution in [0, 0.1) is 0 Å². The molecule has 0 aromatic rings. The molecule has 0 aromatic heterocycles. The molecule has 2 atom stereocenters. The van der Waals surface area contributed by atoms with Crippen molar-refractivity contribution in [1.29, 1.82) is 0 Å². The van der Waals surface area contributed by atoms with Gasteiger partial charge in [-0.2, -0.15) is 0 Å². The summed E-state index contributed by atoms with van der Waals surface area (Å²) in [5, 5.41) is 9.59. The molecule has 0 aliphatic carbocycles. The summed E-state index contributed by atoms with van der Waals surface area (Å²) in [5.41, 5.74) is 0. The normalized spacial score (nSPS) is 13.5. The van der Waals surface area contributed by atoms with E-state index in [4.69, 9.17) is 14.2 Å². The average molecular weight is 773 g/mol. The van der Waals surface area contributed by atoms with Crippen LogP contribution < -0.4 is 0 Å². The summed E-state index contributed by atoms with van der Waals surface area (Å²) in [6.07, 6.45) is 46.0. The molecule has 0 rings (SSSR count). The second-order valence-corrected chi connectivity index (χ2v) is 15.6. The van der Waals surface area contributed by atoms with Crippen molar-refractivity contribution in [2.45, 2.75) is 180 Å². The Bertz CT molecular complexity index is 1090. The number of hydrogen-bond acceptors (Lipinski definition) is 6. The van der Waals surface area contributed by atoms with Crippen LogP contribution >= 0.6 is 0 Å². The number of likely N-dealkylation sites (N-methyl/N-ethyl adjacent to an activating group) is 1. The van der Waals surface area contributed by atoms with Gasteiger partial charge in [-0.1, -0.05) is 152 Å². The van der Waals surface area contributed by atoms with Gasteiger partial charge in [0, 0.05) is 12.8 Å². The zero-order chi connectivity index (χ0) is 40.7. The van der Waals surface area contributed by atoms with Gasteiger partial charge >= 0.3 is 17.9 Å². The van der Waals surface area contributed by atoms with Crippen LogP contribution in [0.1, 0.15) is 168 Å². The molecule has 0 amide bonds. The van der Waals surface area contributed by atoms with E-state index in [9.17, 15) is 19.5 Å². The van der Waals surface area contributed by atoms with Gasteiger partial charge in [-0.15, -0.1) is 0 Å². The van der Waals surface area contributed by atoms with E-state index in [2.05, 4.69) is 62.5 Å². The number of ether oxygens (including phenoxy) is 3. The standard InChI is InChI=1S/C47H81NO7/c1-6-8-10-12-14-16-17-18-19-20-21-22-23-24-25-26-27-28-30-32-34-36-38-46(50)55-43(41-53-40-39-44(47(51)52)48(3,4)5)42-54-45(49)37-35-33-31-29-15-13-11-9-7-2/h9,11,15,20-21,23-24,29,33,35,43-44H,6-8,10,12-14,16-19,22,25-28,30-32,34,36-42H2,1-5H3/p+1/b11-9+,21-20+,24-23+,29-15+,35-33+. The van der Waals surface area contributed by atoms with Crippen molar-refractivity contribution in [3.63, 3.8) is 0 Å². The number of carboxylic acid groups (broad SMARTS) is 1. The molecule has 0 saturated carbocycles. The molecule has 0 spiro atoms. The molecule has 0 aliphatic heterocycles. The Labute approximate surface area is 337 Å². The number of allylic oxidation sites excluding steroid dienone is 9. The number of carbonyl (C=O) groups excluding carboxylic acids is 2. The number of unbranched alkanes of at least 4 members (excludes halogenated alkanes) is 15. The molecule has 8 nitrogen and oxygen atoms in total. The highest BCUT2D eigenvalue weighted by atomic mass is 16.6. The topological polar surface area (TPSA) is 99.1 Å². The van der Waals surface area contributed by atoms with E-state index in [0.29, 0.717) is 12.8 Å². The number of esters is 2. The van der Waals surface area contributed by atoms with Crippen molar-refractivity contribution >= 4 is 17.9 Å². The number of rotatable bonds is 38. The van der Waals surface area contributed by atoms with Crippen LogP contribution in [0.25, 0.3) is 0 Å². The molecular weight excluding hydrogens is 691 g/mol. The van der Waals surface area contributed by atoms with Gasteiger partial charge in [0.25, 0.3) is 0 Å². The highest BCUT2D eigenvalue weighted by Gasteiger charge is 2.31. The highest BCUT2D eigenvalue weighted by Crippen LogP contribution is 2.13. The minimum atomic E-state index is -0.889. The summed E-state index contributed by atoms with van der Waals surface area (Å²) >= 11 is 0. The Morgan fingerprint density at radius 2 is 1.07 bits per heavy atom.